The molecule has 5 heterocycles. The van der Waals surface area contributed by atoms with E-state index in [4.69, 9.17) is 15.5 Å². The van der Waals surface area contributed by atoms with E-state index in [2.05, 4.69) is 47.7 Å². The van der Waals surface area contributed by atoms with Crippen LogP contribution in [0.1, 0.15) is 0 Å². The van der Waals surface area contributed by atoms with Gasteiger partial charge in [0.05, 0.1) is 25.1 Å². The maximum Gasteiger partial charge on any atom is 0.224 e. The smallest absolute Gasteiger partial charge is 0.224 e. The van der Waals surface area contributed by atoms with Crippen molar-refractivity contribution in [2.75, 3.05) is 75.1 Å². The molecule has 2 aliphatic heterocycles. The lowest BCUT2D eigenvalue weighted by molar-refractivity contribution is 0.122. The van der Waals surface area contributed by atoms with E-state index in [0.29, 0.717) is 30.2 Å². The number of nitrogens with two attached hydrogens (primary N) is 1. The molecule has 2 N–H and O–H groups in total. The molecule has 156 valence electrons. The van der Waals surface area contributed by atoms with Crippen molar-refractivity contribution in [3.05, 3.63) is 24.5 Å². The van der Waals surface area contributed by atoms with Gasteiger partial charge in [-0.15, -0.1) is 0 Å². The van der Waals surface area contributed by atoms with E-state index >= 15 is 0 Å². The van der Waals surface area contributed by atoms with Gasteiger partial charge in [-0.2, -0.15) is 9.97 Å². The van der Waals surface area contributed by atoms with Gasteiger partial charge in [-0.05, 0) is 19.2 Å². The number of rotatable bonds is 3. The van der Waals surface area contributed by atoms with Gasteiger partial charge in [-0.25, -0.2) is 15.0 Å². The van der Waals surface area contributed by atoms with Crippen molar-refractivity contribution in [3.63, 3.8) is 0 Å². The van der Waals surface area contributed by atoms with Crippen LogP contribution in [0.5, 0.6) is 0 Å². The Hall–Kier alpha value is -3.11. The van der Waals surface area contributed by atoms with Crippen LogP contribution in [0.3, 0.4) is 0 Å². The molecule has 3 aromatic rings. The Balaban J connectivity index is 1.46. The van der Waals surface area contributed by atoms with Gasteiger partial charge in [0, 0.05) is 51.0 Å². The molecule has 10 heteroatoms. The number of pyridine rings is 1. The Labute approximate surface area is 174 Å². The first-order valence-electron chi connectivity index (χ1n) is 10.2. The first-order valence-corrected chi connectivity index (χ1v) is 10.2. The standard InChI is InChI=1S/C20H25N9O/c1-27-4-6-28(7-5-27)16-3-2-14(12-22-16)15-13-23-18-17(24-15)19(26-20(21)25-18)29-8-10-30-11-9-29/h2-3,12-13H,4-11H2,1H3,(H2,21,23,25,26). The number of hydrogen-bond acceptors (Lipinski definition) is 10. The SMILES string of the molecule is CN1CCN(c2ccc(-c3cnc4nc(N)nc(N5CCOCC5)c4n3)cn2)CC1. The lowest BCUT2D eigenvalue weighted by Crippen LogP contribution is -2.44. The second kappa shape index (κ2) is 7.96. The van der Waals surface area contributed by atoms with Gasteiger partial charge in [0.25, 0.3) is 0 Å². The predicted octanol–water partition coefficient (Wildman–Crippen LogP) is 0.652. The summed E-state index contributed by atoms with van der Waals surface area (Å²) in [7, 11) is 2.15. The Bertz CT molecular complexity index is 1030. The highest BCUT2D eigenvalue weighted by molar-refractivity contribution is 5.85. The largest absolute Gasteiger partial charge is 0.378 e. The van der Waals surface area contributed by atoms with Crippen molar-refractivity contribution in [1.82, 2.24) is 29.8 Å². The number of hydrogen-bond donors (Lipinski definition) is 1. The number of ether oxygens (including phenoxy) is 1. The zero-order valence-electron chi connectivity index (χ0n) is 17.0. The highest BCUT2D eigenvalue weighted by atomic mass is 16.5. The van der Waals surface area contributed by atoms with Gasteiger partial charge >= 0.3 is 0 Å². The lowest BCUT2D eigenvalue weighted by Gasteiger charge is -2.33. The van der Waals surface area contributed by atoms with Crippen LogP contribution >= 0.6 is 0 Å². The molecule has 0 unspecified atom stereocenters. The van der Waals surface area contributed by atoms with Gasteiger partial charge in [0.2, 0.25) is 5.95 Å². The molecular formula is C20H25N9O. The highest BCUT2D eigenvalue weighted by Crippen LogP contribution is 2.26. The zero-order chi connectivity index (χ0) is 20.5. The molecule has 30 heavy (non-hydrogen) atoms. The van der Waals surface area contributed by atoms with Crippen LogP contribution in [0.15, 0.2) is 24.5 Å². The summed E-state index contributed by atoms with van der Waals surface area (Å²) in [6, 6.07) is 4.10. The van der Waals surface area contributed by atoms with E-state index in [1.807, 2.05) is 12.3 Å². The van der Waals surface area contributed by atoms with Crippen molar-refractivity contribution < 1.29 is 4.74 Å². The number of nitrogens with zero attached hydrogens (tertiary/aromatic N) is 8. The van der Waals surface area contributed by atoms with Crippen LogP contribution in [-0.4, -0.2) is 89.3 Å². The summed E-state index contributed by atoms with van der Waals surface area (Å²) in [4.78, 5) is 29.5. The van der Waals surface area contributed by atoms with E-state index < -0.39 is 0 Å². The average Bonchev–Trinajstić information content (AvgIpc) is 2.79. The molecule has 3 aromatic heterocycles. The van der Waals surface area contributed by atoms with E-state index in [9.17, 15) is 0 Å². The monoisotopic (exact) mass is 407 g/mol. The van der Waals surface area contributed by atoms with Gasteiger partial charge in [-0.3, -0.25) is 0 Å². The number of aromatic nitrogens is 5. The van der Waals surface area contributed by atoms with Gasteiger partial charge < -0.3 is 25.2 Å². The molecule has 0 amide bonds. The third-order valence-corrected chi connectivity index (χ3v) is 5.59. The molecule has 0 aromatic carbocycles. The van der Waals surface area contributed by atoms with Crippen LogP contribution in [0.25, 0.3) is 22.4 Å². The van der Waals surface area contributed by atoms with Crippen LogP contribution in [0.2, 0.25) is 0 Å². The first-order chi connectivity index (χ1) is 14.7. The second-order valence-electron chi connectivity index (χ2n) is 7.63. The fourth-order valence-electron chi connectivity index (χ4n) is 3.80. The normalized spacial score (nSPS) is 18.2. The Morgan fingerprint density at radius 2 is 1.67 bits per heavy atom. The topological polar surface area (TPSA) is 109 Å². The van der Waals surface area contributed by atoms with E-state index in [1.165, 1.54) is 0 Å². The van der Waals surface area contributed by atoms with Crippen LogP contribution < -0.4 is 15.5 Å². The molecule has 0 bridgehead atoms. The summed E-state index contributed by atoms with van der Waals surface area (Å²) in [5.41, 5.74) is 8.70. The Kier molecular flexibility index (Phi) is 5.01. The van der Waals surface area contributed by atoms with Crippen LogP contribution in [-0.2, 0) is 4.74 Å². The maximum atomic E-state index is 5.91. The van der Waals surface area contributed by atoms with Crippen LogP contribution in [0.4, 0.5) is 17.6 Å². The number of likely N-dealkylation sites (N-methyl/N-ethyl adjacent to an activating group) is 1. The fourth-order valence-corrected chi connectivity index (χ4v) is 3.80. The molecule has 2 saturated heterocycles. The third kappa shape index (κ3) is 3.71. The Morgan fingerprint density at radius 3 is 2.40 bits per heavy atom. The summed E-state index contributed by atoms with van der Waals surface area (Å²) in [6.45, 7) is 6.84. The van der Waals surface area contributed by atoms with Crippen molar-refractivity contribution in [2.24, 2.45) is 0 Å². The molecular weight excluding hydrogens is 382 g/mol. The minimum Gasteiger partial charge on any atom is -0.378 e. The molecule has 0 radical (unpaired) electrons. The van der Waals surface area contributed by atoms with E-state index in [0.717, 1.165) is 56.3 Å². The average molecular weight is 407 g/mol. The van der Waals surface area contributed by atoms with Crippen molar-refractivity contribution in [2.45, 2.75) is 0 Å². The minimum absolute atomic E-state index is 0.198. The summed E-state index contributed by atoms with van der Waals surface area (Å²) in [6.07, 6.45) is 3.57. The van der Waals surface area contributed by atoms with Gasteiger partial charge in [0.15, 0.2) is 17.0 Å². The van der Waals surface area contributed by atoms with Crippen LogP contribution in [0, 0.1) is 0 Å². The summed E-state index contributed by atoms with van der Waals surface area (Å²) < 4.78 is 5.46. The molecule has 10 nitrogen and oxygen atoms in total. The van der Waals surface area contributed by atoms with Crippen molar-refractivity contribution in [1.29, 1.82) is 0 Å². The fraction of sp³-hybridized carbons (Fsp3) is 0.450. The van der Waals surface area contributed by atoms with E-state index in [1.54, 1.807) is 6.20 Å². The molecule has 5 rings (SSSR count). The van der Waals surface area contributed by atoms with Gasteiger partial charge in [-0.1, -0.05) is 0 Å². The molecule has 0 saturated carbocycles. The number of nitrogen functional groups attached to an aromatic ring is 1. The minimum atomic E-state index is 0.198. The van der Waals surface area contributed by atoms with Gasteiger partial charge in [0.1, 0.15) is 5.82 Å². The maximum absolute atomic E-state index is 5.91. The molecule has 0 atom stereocenters. The Morgan fingerprint density at radius 1 is 0.867 bits per heavy atom. The lowest BCUT2D eigenvalue weighted by atomic mass is 10.2. The number of fused-ring (bicyclic) bond motifs is 1. The molecule has 0 aliphatic carbocycles. The highest BCUT2D eigenvalue weighted by Gasteiger charge is 2.20. The summed E-state index contributed by atoms with van der Waals surface area (Å²) in [5.74, 6) is 1.90. The molecule has 0 spiro atoms. The van der Waals surface area contributed by atoms with E-state index in [-0.39, 0.29) is 5.95 Å². The number of morpholine rings is 1. The third-order valence-electron chi connectivity index (χ3n) is 5.59. The molecule has 2 aliphatic rings. The number of piperazine rings is 1. The predicted molar refractivity (Wildman–Crippen MR) is 116 cm³/mol. The zero-order valence-corrected chi connectivity index (χ0v) is 17.0. The summed E-state index contributed by atoms with van der Waals surface area (Å²) >= 11 is 0. The molecule has 2 fully saturated rings. The first kappa shape index (κ1) is 18.9. The van der Waals surface area contributed by atoms with Crippen molar-refractivity contribution in [3.8, 4) is 11.3 Å². The van der Waals surface area contributed by atoms with Crippen molar-refractivity contribution >= 4 is 28.7 Å². The number of anilines is 3. The second-order valence-corrected chi connectivity index (χ2v) is 7.63. The quantitative estimate of drug-likeness (QED) is 0.664. The summed E-state index contributed by atoms with van der Waals surface area (Å²) in [5, 5.41) is 0.